The summed E-state index contributed by atoms with van der Waals surface area (Å²) in [4.78, 5) is 28.8. The van der Waals surface area contributed by atoms with E-state index in [1.165, 1.54) is 31.4 Å². The molecule has 1 aliphatic rings. The Morgan fingerprint density at radius 3 is 2.11 bits per heavy atom. The number of nitrogens with zero attached hydrogens (tertiary/aromatic N) is 2. The number of carbonyl (C=O) groups excluding carboxylic acids is 2. The maximum Gasteiger partial charge on any atom is 0.254 e. The molecule has 0 saturated carbocycles. The topological polar surface area (TPSA) is 59.1 Å². The summed E-state index contributed by atoms with van der Waals surface area (Å²) in [5, 5.41) is 0. The maximum atomic E-state index is 13.0. The van der Waals surface area contributed by atoms with Crippen LogP contribution in [0, 0.1) is 5.82 Å². The summed E-state index contributed by atoms with van der Waals surface area (Å²) in [6, 6.07) is 10.7. The predicted octanol–water partition coefficient (Wildman–Crippen LogP) is 2.48. The molecule has 1 amide bonds. The van der Waals surface area contributed by atoms with Gasteiger partial charge in [-0.05, 0) is 42.5 Å². The lowest BCUT2D eigenvalue weighted by Gasteiger charge is -2.34. The molecule has 7 heteroatoms. The zero-order valence-corrected chi connectivity index (χ0v) is 16.0. The summed E-state index contributed by atoms with van der Waals surface area (Å²) in [6.45, 7) is 2.52. The summed E-state index contributed by atoms with van der Waals surface area (Å²) in [7, 11) is 3.08. The van der Waals surface area contributed by atoms with Crippen molar-refractivity contribution in [3.63, 3.8) is 0 Å². The van der Waals surface area contributed by atoms with Crippen LogP contribution in [0.5, 0.6) is 11.5 Å². The fraction of sp³-hybridized carbons (Fsp3) is 0.333. The predicted molar refractivity (Wildman–Crippen MR) is 103 cm³/mol. The van der Waals surface area contributed by atoms with E-state index in [-0.39, 0.29) is 24.1 Å². The van der Waals surface area contributed by atoms with Gasteiger partial charge >= 0.3 is 0 Å². The largest absolute Gasteiger partial charge is 0.493 e. The minimum Gasteiger partial charge on any atom is -0.493 e. The monoisotopic (exact) mass is 386 g/mol. The average molecular weight is 386 g/mol. The van der Waals surface area contributed by atoms with Gasteiger partial charge in [-0.15, -0.1) is 0 Å². The number of halogens is 1. The highest BCUT2D eigenvalue weighted by molar-refractivity contribution is 5.97. The summed E-state index contributed by atoms with van der Waals surface area (Å²) < 4.78 is 23.4. The molecule has 148 valence electrons. The number of hydrogen-bond donors (Lipinski definition) is 0. The number of hydrogen-bond acceptors (Lipinski definition) is 5. The van der Waals surface area contributed by atoms with Crippen LogP contribution in [0.1, 0.15) is 20.7 Å². The molecule has 6 nitrogen and oxygen atoms in total. The molecule has 28 heavy (non-hydrogen) atoms. The van der Waals surface area contributed by atoms with Crippen molar-refractivity contribution in [3.05, 3.63) is 59.4 Å². The standard InChI is InChI=1S/C21H23FN2O4/c1-27-19-8-5-16(13-20(19)28-2)21(26)24-11-9-23(10-12-24)14-18(25)15-3-6-17(22)7-4-15/h3-8,13H,9-12,14H2,1-2H3. The van der Waals surface area contributed by atoms with Gasteiger partial charge in [0, 0.05) is 37.3 Å². The van der Waals surface area contributed by atoms with Crippen LogP contribution in [0.25, 0.3) is 0 Å². The van der Waals surface area contributed by atoms with E-state index < -0.39 is 0 Å². The third kappa shape index (κ3) is 4.48. The van der Waals surface area contributed by atoms with E-state index in [4.69, 9.17) is 9.47 Å². The lowest BCUT2D eigenvalue weighted by Crippen LogP contribution is -2.49. The second kappa shape index (κ2) is 8.84. The van der Waals surface area contributed by atoms with E-state index in [0.717, 1.165) is 0 Å². The highest BCUT2D eigenvalue weighted by Gasteiger charge is 2.24. The number of rotatable bonds is 6. The Balaban J connectivity index is 1.57. The quantitative estimate of drug-likeness (QED) is 0.714. The molecule has 0 radical (unpaired) electrons. The highest BCUT2D eigenvalue weighted by atomic mass is 19.1. The Hall–Kier alpha value is -2.93. The molecular weight excluding hydrogens is 363 g/mol. The Labute approximate surface area is 163 Å². The van der Waals surface area contributed by atoms with E-state index in [1.807, 2.05) is 4.90 Å². The summed E-state index contributed by atoms with van der Waals surface area (Å²) in [5.41, 5.74) is 1.03. The normalized spacial score (nSPS) is 14.6. The summed E-state index contributed by atoms with van der Waals surface area (Å²) in [6.07, 6.45) is 0. The molecule has 1 aliphatic heterocycles. The van der Waals surface area contributed by atoms with E-state index in [9.17, 15) is 14.0 Å². The molecule has 3 rings (SSSR count). The molecule has 0 bridgehead atoms. The number of piperazine rings is 1. The van der Waals surface area contributed by atoms with Gasteiger partial charge in [0.2, 0.25) is 0 Å². The minimum atomic E-state index is -0.362. The number of carbonyl (C=O) groups is 2. The van der Waals surface area contributed by atoms with Crippen LogP contribution in [0.2, 0.25) is 0 Å². The van der Waals surface area contributed by atoms with Gasteiger partial charge in [0.1, 0.15) is 5.82 Å². The first-order valence-electron chi connectivity index (χ1n) is 9.04. The molecule has 0 unspecified atom stereocenters. The first kappa shape index (κ1) is 19.8. The molecule has 1 heterocycles. The Morgan fingerprint density at radius 2 is 1.50 bits per heavy atom. The van der Waals surface area contributed by atoms with Gasteiger partial charge in [-0.3, -0.25) is 14.5 Å². The van der Waals surface area contributed by atoms with Crippen molar-refractivity contribution in [1.29, 1.82) is 0 Å². The maximum absolute atomic E-state index is 13.0. The number of methoxy groups -OCH3 is 2. The van der Waals surface area contributed by atoms with Crippen molar-refractivity contribution >= 4 is 11.7 Å². The van der Waals surface area contributed by atoms with E-state index in [2.05, 4.69) is 0 Å². The van der Waals surface area contributed by atoms with Crippen LogP contribution in [0.3, 0.4) is 0 Å². The second-order valence-corrected chi connectivity index (χ2v) is 6.57. The smallest absolute Gasteiger partial charge is 0.254 e. The van der Waals surface area contributed by atoms with Crippen molar-refractivity contribution in [2.75, 3.05) is 46.9 Å². The Morgan fingerprint density at radius 1 is 0.893 bits per heavy atom. The lowest BCUT2D eigenvalue weighted by atomic mass is 10.1. The number of amides is 1. The number of Topliss-reactive ketones (excluding diaryl/α,β-unsaturated/α-hetero) is 1. The molecule has 2 aromatic carbocycles. The molecule has 0 N–H and O–H groups in total. The fourth-order valence-corrected chi connectivity index (χ4v) is 3.19. The highest BCUT2D eigenvalue weighted by Crippen LogP contribution is 2.28. The average Bonchev–Trinajstić information content (AvgIpc) is 2.73. The van der Waals surface area contributed by atoms with Crippen LogP contribution in [0.15, 0.2) is 42.5 Å². The number of ketones is 1. The van der Waals surface area contributed by atoms with Crippen LogP contribution in [-0.2, 0) is 0 Å². The number of benzene rings is 2. The van der Waals surface area contributed by atoms with Crippen molar-refractivity contribution in [3.8, 4) is 11.5 Å². The SMILES string of the molecule is COc1ccc(C(=O)N2CCN(CC(=O)c3ccc(F)cc3)CC2)cc1OC. The molecule has 2 aromatic rings. The third-order valence-electron chi connectivity index (χ3n) is 4.82. The van der Waals surface area contributed by atoms with Crippen LogP contribution >= 0.6 is 0 Å². The van der Waals surface area contributed by atoms with Crippen LogP contribution < -0.4 is 9.47 Å². The van der Waals surface area contributed by atoms with Gasteiger partial charge in [-0.2, -0.15) is 0 Å². The van der Waals surface area contributed by atoms with Gasteiger partial charge in [-0.1, -0.05) is 0 Å². The first-order valence-corrected chi connectivity index (χ1v) is 9.04. The van der Waals surface area contributed by atoms with Gasteiger partial charge in [0.15, 0.2) is 17.3 Å². The molecule has 1 fully saturated rings. The van der Waals surface area contributed by atoms with Crippen LogP contribution in [-0.4, -0.2) is 68.4 Å². The zero-order valence-electron chi connectivity index (χ0n) is 16.0. The number of ether oxygens (including phenoxy) is 2. The second-order valence-electron chi connectivity index (χ2n) is 6.57. The zero-order chi connectivity index (χ0) is 20.1. The third-order valence-corrected chi connectivity index (χ3v) is 4.82. The van der Waals surface area contributed by atoms with Gasteiger partial charge in [0.25, 0.3) is 5.91 Å². The molecule has 1 saturated heterocycles. The van der Waals surface area contributed by atoms with Crippen molar-refractivity contribution < 1.29 is 23.5 Å². The molecule has 0 spiro atoms. The Bertz CT molecular complexity index is 846. The van der Waals surface area contributed by atoms with E-state index >= 15 is 0 Å². The Kier molecular flexibility index (Phi) is 6.26. The van der Waals surface area contributed by atoms with Gasteiger partial charge in [0.05, 0.1) is 20.8 Å². The molecule has 0 aliphatic carbocycles. The minimum absolute atomic E-state index is 0.0559. The van der Waals surface area contributed by atoms with Crippen LogP contribution in [0.4, 0.5) is 4.39 Å². The van der Waals surface area contributed by atoms with Crippen molar-refractivity contribution in [2.45, 2.75) is 0 Å². The lowest BCUT2D eigenvalue weighted by molar-refractivity contribution is 0.0624. The van der Waals surface area contributed by atoms with Gasteiger partial charge in [-0.25, -0.2) is 4.39 Å². The molecule has 0 atom stereocenters. The first-order chi connectivity index (χ1) is 13.5. The van der Waals surface area contributed by atoms with Gasteiger partial charge < -0.3 is 14.4 Å². The molecular formula is C21H23FN2O4. The summed E-state index contributed by atoms with van der Waals surface area (Å²) in [5.74, 6) is 0.587. The summed E-state index contributed by atoms with van der Waals surface area (Å²) >= 11 is 0. The van der Waals surface area contributed by atoms with Crippen molar-refractivity contribution in [1.82, 2.24) is 9.80 Å². The molecule has 0 aromatic heterocycles. The van der Waals surface area contributed by atoms with E-state index in [0.29, 0.717) is 48.8 Å². The van der Waals surface area contributed by atoms with Crippen molar-refractivity contribution in [2.24, 2.45) is 0 Å². The van der Waals surface area contributed by atoms with E-state index in [1.54, 1.807) is 30.2 Å². The fourth-order valence-electron chi connectivity index (χ4n) is 3.19.